The second-order valence-electron chi connectivity index (χ2n) is 7.70. The quantitative estimate of drug-likeness (QED) is 0.358. The van der Waals surface area contributed by atoms with Crippen molar-refractivity contribution >= 4 is 29.9 Å². The Morgan fingerprint density at radius 3 is 2.70 bits per heavy atom. The molecule has 23 heavy (non-hydrogen) atoms. The Kier molecular flexibility index (Phi) is 6.98. The van der Waals surface area contributed by atoms with Crippen LogP contribution in [0.1, 0.15) is 51.9 Å². The second kappa shape index (κ2) is 8.34. The third kappa shape index (κ3) is 4.95. The van der Waals surface area contributed by atoms with Crippen molar-refractivity contribution in [1.29, 1.82) is 0 Å². The molecule has 134 valence electrons. The Morgan fingerprint density at radius 2 is 2.04 bits per heavy atom. The standard InChI is InChI=1S/C17H32N4O.HI/c1-17(9-4-3-5-15(17)22)12-19-16(18-2)20-13-8-10-21(11-13)14-6-7-14;/h13-15,22H,3-12H2,1-2H3,(H2,18,19,20);1H. The number of likely N-dealkylation sites (tertiary alicyclic amines) is 1. The van der Waals surface area contributed by atoms with Crippen LogP contribution in [0.25, 0.3) is 0 Å². The molecule has 3 aliphatic rings. The van der Waals surface area contributed by atoms with Crippen LogP contribution in [0, 0.1) is 5.41 Å². The third-order valence-corrected chi connectivity index (χ3v) is 5.79. The first-order valence-corrected chi connectivity index (χ1v) is 9.00. The van der Waals surface area contributed by atoms with E-state index in [0.717, 1.165) is 44.4 Å². The van der Waals surface area contributed by atoms with E-state index in [1.165, 1.54) is 32.2 Å². The smallest absolute Gasteiger partial charge is 0.191 e. The number of nitrogens with one attached hydrogen (secondary N) is 2. The van der Waals surface area contributed by atoms with E-state index in [-0.39, 0.29) is 35.5 Å². The van der Waals surface area contributed by atoms with Crippen molar-refractivity contribution in [2.75, 3.05) is 26.7 Å². The highest BCUT2D eigenvalue weighted by Crippen LogP contribution is 2.35. The molecule has 0 radical (unpaired) electrons. The number of aliphatic imine (C=N–C) groups is 1. The van der Waals surface area contributed by atoms with Crippen LogP contribution < -0.4 is 10.6 Å². The van der Waals surface area contributed by atoms with Gasteiger partial charge in [-0.15, -0.1) is 24.0 Å². The topological polar surface area (TPSA) is 59.9 Å². The van der Waals surface area contributed by atoms with Gasteiger partial charge in [-0.05, 0) is 32.1 Å². The Hall–Kier alpha value is -0.0800. The lowest BCUT2D eigenvalue weighted by Crippen LogP contribution is -2.50. The Labute approximate surface area is 157 Å². The highest BCUT2D eigenvalue weighted by Gasteiger charge is 2.36. The summed E-state index contributed by atoms with van der Waals surface area (Å²) in [5.41, 5.74) is -0.0222. The normalized spacial score (nSPS) is 35.7. The first-order valence-electron chi connectivity index (χ1n) is 9.00. The van der Waals surface area contributed by atoms with Gasteiger partial charge < -0.3 is 15.7 Å². The maximum atomic E-state index is 10.3. The van der Waals surface area contributed by atoms with Crippen molar-refractivity contribution in [2.24, 2.45) is 10.4 Å². The number of rotatable bonds is 4. The zero-order valence-corrected chi connectivity index (χ0v) is 16.9. The van der Waals surface area contributed by atoms with Crippen LogP contribution in [-0.4, -0.2) is 60.8 Å². The molecule has 3 N–H and O–H groups in total. The lowest BCUT2D eigenvalue weighted by molar-refractivity contribution is 0.00395. The Bertz CT molecular complexity index is 415. The molecule has 2 aliphatic carbocycles. The molecular formula is C17H33IN4O. The summed E-state index contributed by atoms with van der Waals surface area (Å²) in [5.74, 6) is 0.890. The van der Waals surface area contributed by atoms with E-state index in [0.29, 0.717) is 6.04 Å². The summed E-state index contributed by atoms with van der Waals surface area (Å²) in [7, 11) is 1.84. The molecule has 0 spiro atoms. The van der Waals surface area contributed by atoms with Gasteiger partial charge in [0.25, 0.3) is 0 Å². The number of hydrogen-bond acceptors (Lipinski definition) is 3. The number of aliphatic hydroxyl groups is 1. The van der Waals surface area contributed by atoms with Crippen molar-refractivity contribution in [2.45, 2.75) is 70.1 Å². The summed E-state index contributed by atoms with van der Waals surface area (Å²) in [6.45, 7) is 5.36. The predicted molar refractivity (Wildman–Crippen MR) is 105 cm³/mol. The Morgan fingerprint density at radius 1 is 1.26 bits per heavy atom. The average molecular weight is 436 g/mol. The highest BCUT2D eigenvalue weighted by atomic mass is 127. The zero-order valence-electron chi connectivity index (χ0n) is 14.6. The van der Waals surface area contributed by atoms with Gasteiger partial charge in [0.05, 0.1) is 6.10 Å². The molecule has 3 rings (SSSR count). The van der Waals surface area contributed by atoms with E-state index in [1.807, 2.05) is 7.05 Å². The van der Waals surface area contributed by atoms with Crippen LogP contribution in [0.2, 0.25) is 0 Å². The number of aliphatic hydroxyl groups excluding tert-OH is 1. The third-order valence-electron chi connectivity index (χ3n) is 5.79. The van der Waals surface area contributed by atoms with Crippen LogP contribution in [-0.2, 0) is 0 Å². The molecule has 2 saturated carbocycles. The van der Waals surface area contributed by atoms with Crippen LogP contribution in [0.3, 0.4) is 0 Å². The van der Waals surface area contributed by atoms with Gasteiger partial charge in [0.15, 0.2) is 5.96 Å². The molecule has 3 atom stereocenters. The number of guanidine groups is 1. The largest absolute Gasteiger partial charge is 0.392 e. The molecule has 0 aromatic rings. The van der Waals surface area contributed by atoms with E-state index >= 15 is 0 Å². The molecule has 0 amide bonds. The first-order chi connectivity index (χ1) is 10.6. The molecule has 1 aliphatic heterocycles. The lowest BCUT2D eigenvalue weighted by atomic mass is 9.73. The fourth-order valence-electron chi connectivity index (χ4n) is 3.94. The van der Waals surface area contributed by atoms with E-state index in [9.17, 15) is 5.11 Å². The van der Waals surface area contributed by atoms with Gasteiger partial charge in [-0.25, -0.2) is 0 Å². The second-order valence-corrected chi connectivity index (χ2v) is 7.70. The average Bonchev–Trinajstić information content (AvgIpc) is 3.27. The molecular weight excluding hydrogens is 403 g/mol. The fraction of sp³-hybridized carbons (Fsp3) is 0.941. The number of hydrogen-bond donors (Lipinski definition) is 3. The molecule has 3 fully saturated rings. The molecule has 1 heterocycles. The molecule has 1 saturated heterocycles. The van der Waals surface area contributed by atoms with Crippen LogP contribution >= 0.6 is 24.0 Å². The summed E-state index contributed by atoms with van der Waals surface area (Å²) in [6.07, 6.45) is 8.19. The zero-order chi connectivity index (χ0) is 15.6. The van der Waals surface area contributed by atoms with Crippen molar-refractivity contribution in [3.8, 4) is 0 Å². The van der Waals surface area contributed by atoms with Crippen LogP contribution in [0.15, 0.2) is 4.99 Å². The van der Waals surface area contributed by atoms with E-state index in [4.69, 9.17) is 0 Å². The summed E-state index contributed by atoms with van der Waals surface area (Å²) >= 11 is 0. The van der Waals surface area contributed by atoms with Gasteiger partial charge in [-0.3, -0.25) is 9.89 Å². The van der Waals surface area contributed by atoms with Gasteiger partial charge in [0, 0.05) is 44.2 Å². The minimum absolute atomic E-state index is 0. The fourth-order valence-corrected chi connectivity index (χ4v) is 3.94. The molecule has 0 bridgehead atoms. The van der Waals surface area contributed by atoms with Gasteiger partial charge >= 0.3 is 0 Å². The van der Waals surface area contributed by atoms with Gasteiger partial charge in [-0.1, -0.05) is 19.8 Å². The molecule has 5 nitrogen and oxygen atoms in total. The lowest BCUT2D eigenvalue weighted by Gasteiger charge is -2.39. The molecule has 6 heteroatoms. The highest BCUT2D eigenvalue weighted by molar-refractivity contribution is 14.0. The maximum absolute atomic E-state index is 10.3. The van der Waals surface area contributed by atoms with E-state index in [2.05, 4.69) is 27.4 Å². The van der Waals surface area contributed by atoms with Gasteiger partial charge in [0.2, 0.25) is 0 Å². The SMILES string of the molecule is CN=C(NCC1(C)CCCCC1O)NC1CCN(C2CC2)C1.I. The minimum Gasteiger partial charge on any atom is -0.392 e. The summed E-state index contributed by atoms with van der Waals surface area (Å²) in [5, 5.41) is 17.3. The monoisotopic (exact) mass is 436 g/mol. The molecule has 0 aromatic carbocycles. The van der Waals surface area contributed by atoms with Crippen molar-refractivity contribution in [3.05, 3.63) is 0 Å². The number of halogens is 1. The minimum atomic E-state index is -0.191. The van der Waals surface area contributed by atoms with Gasteiger partial charge in [0.1, 0.15) is 0 Å². The van der Waals surface area contributed by atoms with Crippen molar-refractivity contribution in [1.82, 2.24) is 15.5 Å². The maximum Gasteiger partial charge on any atom is 0.191 e. The first kappa shape index (κ1) is 19.2. The molecule has 0 aromatic heterocycles. The summed E-state index contributed by atoms with van der Waals surface area (Å²) in [4.78, 5) is 6.98. The predicted octanol–water partition coefficient (Wildman–Crippen LogP) is 1.95. The number of nitrogens with zero attached hydrogens (tertiary/aromatic N) is 2. The molecule has 3 unspecified atom stereocenters. The van der Waals surface area contributed by atoms with Gasteiger partial charge in [-0.2, -0.15) is 0 Å². The van der Waals surface area contributed by atoms with Crippen LogP contribution in [0.5, 0.6) is 0 Å². The summed E-state index contributed by atoms with van der Waals surface area (Å²) in [6, 6.07) is 1.37. The Balaban J connectivity index is 0.00000192. The summed E-state index contributed by atoms with van der Waals surface area (Å²) < 4.78 is 0. The van der Waals surface area contributed by atoms with Crippen molar-refractivity contribution in [3.63, 3.8) is 0 Å². The van der Waals surface area contributed by atoms with E-state index < -0.39 is 0 Å². The van der Waals surface area contributed by atoms with Crippen LogP contribution in [0.4, 0.5) is 0 Å². The van der Waals surface area contributed by atoms with E-state index in [1.54, 1.807) is 0 Å². The van der Waals surface area contributed by atoms with Crippen molar-refractivity contribution < 1.29 is 5.11 Å².